The van der Waals surface area contributed by atoms with Gasteiger partial charge < -0.3 is 10.6 Å². The molecule has 1 aliphatic rings. The van der Waals surface area contributed by atoms with Gasteiger partial charge in [0.1, 0.15) is 0 Å². The van der Waals surface area contributed by atoms with Crippen LogP contribution in [0.2, 0.25) is 0 Å². The molecule has 1 amide bonds. The zero-order valence-corrected chi connectivity index (χ0v) is 9.60. The summed E-state index contributed by atoms with van der Waals surface area (Å²) in [6.07, 6.45) is 0.924. The molecule has 2 rings (SSSR count). The quantitative estimate of drug-likeness (QED) is 0.814. The number of rotatable bonds is 2. The van der Waals surface area contributed by atoms with Crippen molar-refractivity contribution in [1.29, 1.82) is 0 Å². The highest BCUT2D eigenvalue weighted by molar-refractivity contribution is 5.83. The molecule has 1 aliphatic heterocycles. The summed E-state index contributed by atoms with van der Waals surface area (Å²) in [6.45, 7) is 3.47. The number of hydrogen-bond donors (Lipinski definition) is 1. The van der Waals surface area contributed by atoms with E-state index in [-0.39, 0.29) is 17.9 Å². The summed E-state index contributed by atoms with van der Waals surface area (Å²) in [7, 11) is 0. The molecule has 0 spiro atoms. The number of benzene rings is 1. The van der Waals surface area contributed by atoms with E-state index >= 15 is 0 Å². The molecule has 0 radical (unpaired) electrons. The standard InChI is InChI=1S/C13H18N2O/c1-10(11-5-3-2-4-6-11)13(16)15-8-7-12(14)9-15/h2-6,10,12H,7-9,14H2,1H3/t10?,12-/m1/s1. The molecule has 1 saturated heterocycles. The lowest BCUT2D eigenvalue weighted by atomic mass is 10.00. The smallest absolute Gasteiger partial charge is 0.229 e. The highest BCUT2D eigenvalue weighted by Crippen LogP contribution is 2.20. The van der Waals surface area contributed by atoms with Crippen LogP contribution in [-0.2, 0) is 4.79 Å². The van der Waals surface area contributed by atoms with Crippen LogP contribution in [0.3, 0.4) is 0 Å². The van der Waals surface area contributed by atoms with Crippen LogP contribution in [-0.4, -0.2) is 29.9 Å². The fourth-order valence-electron chi connectivity index (χ4n) is 2.15. The second-order valence-electron chi connectivity index (χ2n) is 4.47. The zero-order chi connectivity index (χ0) is 11.5. The molecule has 0 saturated carbocycles. The van der Waals surface area contributed by atoms with Crippen molar-refractivity contribution in [2.45, 2.75) is 25.3 Å². The predicted octanol–water partition coefficient (Wildman–Crippen LogP) is 1.35. The molecule has 3 nitrogen and oxygen atoms in total. The maximum Gasteiger partial charge on any atom is 0.229 e. The first-order chi connectivity index (χ1) is 7.68. The second-order valence-corrected chi connectivity index (χ2v) is 4.47. The molecule has 86 valence electrons. The molecule has 0 aromatic heterocycles. The number of hydrogen-bond acceptors (Lipinski definition) is 2. The van der Waals surface area contributed by atoms with Gasteiger partial charge in [-0.25, -0.2) is 0 Å². The Hall–Kier alpha value is -1.35. The minimum Gasteiger partial charge on any atom is -0.341 e. The third-order valence-corrected chi connectivity index (χ3v) is 3.21. The fraction of sp³-hybridized carbons (Fsp3) is 0.462. The van der Waals surface area contributed by atoms with E-state index in [9.17, 15) is 4.79 Å². The highest BCUT2D eigenvalue weighted by atomic mass is 16.2. The summed E-state index contributed by atoms with van der Waals surface area (Å²) in [5.41, 5.74) is 6.88. The number of likely N-dealkylation sites (tertiary alicyclic amines) is 1. The number of nitrogens with zero attached hydrogens (tertiary/aromatic N) is 1. The van der Waals surface area contributed by atoms with Crippen LogP contribution in [0.1, 0.15) is 24.8 Å². The number of carbonyl (C=O) groups excluding carboxylic acids is 1. The zero-order valence-electron chi connectivity index (χ0n) is 9.60. The molecule has 1 heterocycles. The van der Waals surface area contributed by atoms with Gasteiger partial charge in [0, 0.05) is 19.1 Å². The van der Waals surface area contributed by atoms with E-state index in [0.717, 1.165) is 18.5 Å². The van der Waals surface area contributed by atoms with Crippen LogP contribution in [0.25, 0.3) is 0 Å². The lowest BCUT2D eigenvalue weighted by molar-refractivity contribution is -0.131. The van der Waals surface area contributed by atoms with Crippen molar-refractivity contribution in [2.75, 3.05) is 13.1 Å². The molecule has 16 heavy (non-hydrogen) atoms. The summed E-state index contributed by atoms with van der Waals surface area (Å²) in [6, 6.07) is 10.1. The van der Waals surface area contributed by atoms with Crippen molar-refractivity contribution in [3.63, 3.8) is 0 Å². The van der Waals surface area contributed by atoms with E-state index in [1.54, 1.807) is 0 Å². The monoisotopic (exact) mass is 218 g/mol. The van der Waals surface area contributed by atoms with E-state index in [1.165, 1.54) is 0 Å². The maximum absolute atomic E-state index is 12.2. The third-order valence-electron chi connectivity index (χ3n) is 3.21. The van der Waals surface area contributed by atoms with Gasteiger partial charge in [-0.15, -0.1) is 0 Å². The summed E-state index contributed by atoms with van der Waals surface area (Å²) >= 11 is 0. The normalized spacial score (nSPS) is 22.1. The first-order valence-corrected chi connectivity index (χ1v) is 5.78. The molecule has 1 aromatic rings. The maximum atomic E-state index is 12.2. The van der Waals surface area contributed by atoms with Crippen LogP contribution in [0.5, 0.6) is 0 Å². The van der Waals surface area contributed by atoms with Gasteiger partial charge in [-0.2, -0.15) is 0 Å². The molecule has 1 fully saturated rings. The molecule has 0 bridgehead atoms. The van der Waals surface area contributed by atoms with Gasteiger partial charge in [0.05, 0.1) is 5.92 Å². The van der Waals surface area contributed by atoms with Crippen LogP contribution < -0.4 is 5.73 Å². The molecule has 3 heteroatoms. The van der Waals surface area contributed by atoms with Crippen LogP contribution >= 0.6 is 0 Å². The fourth-order valence-corrected chi connectivity index (χ4v) is 2.15. The first kappa shape index (κ1) is 11.1. The van der Waals surface area contributed by atoms with E-state index in [2.05, 4.69) is 0 Å². The molecular weight excluding hydrogens is 200 g/mol. The van der Waals surface area contributed by atoms with Crippen LogP contribution in [0.15, 0.2) is 30.3 Å². The SMILES string of the molecule is CC(C(=O)N1CC[C@@H](N)C1)c1ccccc1. The minimum atomic E-state index is -0.0634. The van der Waals surface area contributed by atoms with Crippen molar-refractivity contribution in [3.05, 3.63) is 35.9 Å². The van der Waals surface area contributed by atoms with Crippen molar-refractivity contribution in [1.82, 2.24) is 4.90 Å². The Morgan fingerprint density at radius 1 is 1.44 bits per heavy atom. The Morgan fingerprint density at radius 2 is 2.12 bits per heavy atom. The summed E-state index contributed by atoms with van der Waals surface area (Å²) in [4.78, 5) is 14.0. The van der Waals surface area contributed by atoms with Gasteiger partial charge in [-0.1, -0.05) is 30.3 Å². The summed E-state index contributed by atoms with van der Waals surface area (Å²) < 4.78 is 0. The summed E-state index contributed by atoms with van der Waals surface area (Å²) in [5, 5.41) is 0. The molecule has 2 N–H and O–H groups in total. The highest BCUT2D eigenvalue weighted by Gasteiger charge is 2.27. The molecule has 1 aromatic carbocycles. The molecule has 2 atom stereocenters. The van der Waals surface area contributed by atoms with Gasteiger partial charge in [-0.3, -0.25) is 4.79 Å². The van der Waals surface area contributed by atoms with Crippen LogP contribution in [0.4, 0.5) is 0 Å². The van der Waals surface area contributed by atoms with Crippen molar-refractivity contribution in [2.24, 2.45) is 5.73 Å². The van der Waals surface area contributed by atoms with Crippen molar-refractivity contribution >= 4 is 5.91 Å². The predicted molar refractivity (Wildman–Crippen MR) is 64.0 cm³/mol. The van der Waals surface area contributed by atoms with E-state index in [4.69, 9.17) is 5.73 Å². The van der Waals surface area contributed by atoms with Gasteiger partial charge in [-0.05, 0) is 18.9 Å². The van der Waals surface area contributed by atoms with E-state index in [1.807, 2.05) is 42.2 Å². The van der Waals surface area contributed by atoms with E-state index in [0.29, 0.717) is 6.54 Å². The minimum absolute atomic E-state index is 0.0634. The average Bonchev–Trinajstić information content (AvgIpc) is 2.75. The van der Waals surface area contributed by atoms with Gasteiger partial charge >= 0.3 is 0 Å². The van der Waals surface area contributed by atoms with Crippen molar-refractivity contribution in [3.8, 4) is 0 Å². The number of nitrogens with two attached hydrogens (primary N) is 1. The first-order valence-electron chi connectivity index (χ1n) is 5.78. The number of amides is 1. The van der Waals surface area contributed by atoms with E-state index < -0.39 is 0 Å². The topological polar surface area (TPSA) is 46.3 Å². The second kappa shape index (κ2) is 4.66. The van der Waals surface area contributed by atoms with Gasteiger partial charge in [0.25, 0.3) is 0 Å². The third kappa shape index (κ3) is 2.25. The summed E-state index contributed by atoms with van der Waals surface area (Å²) in [5.74, 6) is 0.130. The average molecular weight is 218 g/mol. The Kier molecular flexibility index (Phi) is 3.25. The Morgan fingerprint density at radius 3 is 2.69 bits per heavy atom. The lowest BCUT2D eigenvalue weighted by Crippen LogP contribution is -2.34. The largest absolute Gasteiger partial charge is 0.341 e. The lowest BCUT2D eigenvalue weighted by Gasteiger charge is -2.20. The molecule has 0 aliphatic carbocycles. The van der Waals surface area contributed by atoms with Gasteiger partial charge in [0.15, 0.2) is 0 Å². The van der Waals surface area contributed by atoms with Crippen LogP contribution in [0, 0.1) is 0 Å². The number of carbonyl (C=O) groups is 1. The Balaban J connectivity index is 2.05. The Labute approximate surface area is 96.2 Å². The van der Waals surface area contributed by atoms with Gasteiger partial charge in [0.2, 0.25) is 5.91 Å². The van der Waals surface area contributed by atoms with Crippen molar-refractivity contribution < 1.29 is 4.79 Å². The Bertz CT molecular complexity index is 363. The molecule has 1 unspecified atom stereocenters. The molecular formula is C13H18N2O.